The fourth-order valence-electron chi connectivity index (χ4n) is 3.63. The van der Waals surface area contributed by atoms with Crippen molar-refractivity contribution in [2.24, 2.45) is 0 Å². The number of ketones is 1. The smallest absolute Gasteiger partial charge is 0.346 e. The monoisotopic (exact) mass is 425 g/mol. The number of esters is 1. The third-order valence-electron chi connectivity index (χ3n) is 5.47. The highest BCUT2D eigenvalue weighted by Gasteiger charge is 2.47. The predicted molar refractivity (Wildman–Crippen MR) is 118 cm³/mol. The molecule has 6 nitrogen and oxygen atoms in total. The maximum Gasteiger partial charge on any atom is 0.346 e. The van der Waals surface area contributed by atoms with Crippen LogP contribution >= 0.6 is 0 Å². The van der Waals surface area contributed by atoms with E-state index in [1.54, 1.807) is 6.92 Å². The zero-order valence-corrected chi connectivity index (χ0v) is 18.1. The number of morpholine rings is 1. The van der Waals surface area contributed by atoms with Gasteiger partial charge in [0.15, 0.2) is 5.78 Å². The van der Waals surface area contributed by atoms with E-state index in [1.165, 1.54) is 0 Å². The summed E-state index contributed by atoms with van der Waals surface area (Å²) < 4.78 is 17.1. The van der Waals surface area contributed by atoms with Crippen molar-refractivity contribution in [2.75, 3.05) is 39.5 Å². The minimum atomic E-state index is -1.67. The first-order valence-electron chi connectivity index (χ1n) is 10.9. The topological polar surface area (TPSA) is 65.1 Å². The van der Waals surface area contributed by atoms with Gasteiger partial charge in [0.05, 0.1) is 19.8 Å². The Balaban J connectivity index is 1.77. The third kappa shape index (κ3) is 6.47. The van der Waals surface area contributed by atoms with Crippen LogP contribution in [-0.4, -0.2) is 61.7 Å². The average molecular weight is 426 g/mol. The molecule has 1 aliphatic rings. The Bertz CT molecular complexity index is 820. The molecule has 1 aliphatic heterocycles. The van der Waals surface area contributed by atoms with Crippen molar-refractivity contribution in [1.82, 2.24) is 4.90 Å². The van der Waals surface area contributed by atoms with E-state index in [4.69, 9.17) is 14.2 Å². The Kier molecular flexibility index (Phi) is 8.76. The summed E-state index contributed by atoms with van der Waals surface area (Å²) >= 11 is 0. The van der Waals surface area contributed by atoms with Gasteiger partial charge in [0.1, 0.15) is 6.61 Å². The number of ether oxygens (including phenoxy) is 3. The average Bonchev–Trinajstić information content (AvgIpc) is 2.83. The van der Waals surface area contributed by atoms with E-state index in [0.717, 1.165) is 24.2 Å². The largest absolute Gasteiger partial charge is 0.462 e. The predicted octanol–water partition coefficient (Wildman–Crippen LogP) is 3.04. The fraction of sp³-hybridized carbons (Fsp3) is 0.440. The summed E-state index contributed by atoms with van der Waals surface area (Å²) in [6.07, 6.45) is 0.323. The van der Waals surface area contributed by atoms with Crippen LogP contribution in [0.1, 0.15) is 24.5 Å². The third-order valence-corrected chi connectivity index (χ3v) is 5.47. The molecule has 1 fully saturated rings. The molecular formula is C25H31NO5. The summed E-state index contributed by atoms with van der Waals surface area (Å²) in [6, 6.07) is 19.0. The lowest BCUT2D eigenvalue weighted by Gasteiger charge is -2.31. The van der Waals surface area contributed by atoms with E-state index < -0.39 is 11.6 Å². The molecule has 31 heavy (non-hydrogen) atoms. The second-order valence-electron chi connectivity index (χ2n) is 7.63. The van der Waals surface area contributed by atoms with Crippen LogP contribution in [0, 0.1) is 0 Å². The Hall–Kier alpha value is -2.54. The van der Waals surface area contributed by atoms with Gasteiger partial charge in [-0.1, -0.05) is 67.6 Å². The minimum Gasteiger partial charge on any atom is -0.462 e. The molecule has 0 N–H and O–H groups in total. The molecular weight excluding hydrogens is 394 g/mol. The van der Waals surface area contributed by atoms with E-state index in [1.807, 2.05) is 60.7 Å². The van der Waals surface area contributed by atoms with Crippen LogP contribution in [0.3, 0.4) is 0 Å². The lowest BCUT2D eigenvalue weighted by molar-refractivity contribution is -0.180. The maximum atomic E-state index is 13.3. The molecule has 0 amide bonds. The molecule has 1 unspecified atom stereocenters. The Morgan fingerprint density at radius 1 is 0.968 bits per heavy atom. The second-order valence-corrected chi connectivity index (χ2v) is 7.63. The number of rotatable bonds is 11. The zero-order valence-electron chi connectivity index (χ0n) is 18.1. The molecule has 1 heterocycles. The van der Waals surface area contributed by atoms with Crippen molar-refractivity contribution < 1.29 is 23.8 Å². The number of carbonyl (C=O) groups is 2. The van der Waals surface area contributed by atoms with Crippen molar-refractivity contribution in [3.05, 3.63) is 71.8 Å². The van der Waals surface area contributed by atoms with Gasteiger partial charge in [-0.3, -0.25) is 9.69 Å². The van der Waals surface area contributed by atoms with Crippen LogP contribution in [-0.2, 0) is 36.8 Å². The van der Waals surface area contributed by atoms with Crippen LogP contribution < -0.4 is 0 Å². The van der Waals surface area contributed by atoms with Gasteiger partial charge < -0.3 is 14.2 Å². The van der Waals surface area contributed by atoms with Crippen LogP contribution in [0.5, 0.6) is 0 Å². The molecule has 3 rings (SSSR count). The molecule has 0 bridgehead atoms. The molecule has 2 aromatic rings. The normalized spacial score (nSPS) is 16.4. The summed E-state index contributed by atoms with van der Waals surface area (Å²) in [5.41, 5.74) is 0.0733. The lowest BCUT2D eigenvalue weighted by Crippen LogP contribution is -2.52. The number of benzene rings is 2. The van der Waals surface area contributed by atoms with E-state index in [9.17, 15) is 9.59 Å². The summed E-state index contributed by atoms with van der Waals surface area (Å²) in [7, 11) is 0. The van der Waals surface area contributed by atoms with Crippen molar-refractivity contribution in [1.29, 1.82) is 0 Å². The molecule has 6 heteroatoms. The summed E-state index contributed by atoms with van der Waals surface area (Å²) in [6.45, 7) is 5.69. The molecule has 0 saturated carbocycles. The van der Waals surface area contributed by atoms with E-state index in [2.05, 4.69) is 4.90 Å². The van der Waals surface area contributed by atoms with Crippen LogP contribution in [0.25, 0.3) is 0 Å². The van der Waals surface area contributed by atoms with Gasteiger partial charge >= 0.3 is 5.97 Å². The molecule has 2 aromatic carbocycles. The molecule has 0 spiro atoms. The number of Topliss-reactive ketones (excluding diaryl/α,β-unsaturated/α-hetero) is 1. The molecule has 0 aliphatic carbocycles. The fourth-order valence-corrected chi connectivity index (χ4v) is 3.63. The highest BCUT2D eigenvalue weighted by Crippen LogP contribution is 2.25. The van der Waals surface area contributed by atoms with E-state index in [0.29, 0.717) is 19.8 Å². The van der Waals surface area contributed by atoms with E-state index in [-0.39, 0.29) is 31.8 Å². The lowest BCUT2D eigenvalue weighted by atomic mass is 9.88. The summed E-state index contributed by atoms with van der Waals surface area (Å²) in [5.74, 6) is -0.893. The van der Waals surface area contributed by atoms with Crippen molar-refractivity contribution in [2.45, 2.75) is 32.0 Å². The second kappa shape index (κ2) is 11.7. The standard InChI is InChI=1S/C25H31NO5/c1-2-23(27)25(19-21-9-5-3-6-10-21,31-20-22-11-7-4-8-12-22)24(28)30-18-15-26-13-16-29-17-14-26/h3-12H,2,13-20H2,1H3. The Labute approximate surface area is 184 Å². The van der Waals surface area contributed by atoms with Gasteiger partial charge in [-0.15, -0.1) is 0 Å². The van der Waals surface area contributed by atoms with Crippen molar-refractivity contribution in [3.8, 4) is 0 Å². The molecule has 1 saturated heterocycles. The minimum absolute atomic E-state index is 0.143. The maximum absolute atomic E-state index is 13.3. The van der Waals surface area contributed by atoms with Gasteiger partial charge in [-0.25, -0.2) is 4.79 Å². The van der Waals surface area contributed by atoms with Gasteiger partial charge in [0, 0.05) is 32.5 Å². The number of nitrogens with zero attached hydrogens (tertiary/aromatic N) is 1. The van der Waals surface area contributed by atoms with E-state index >= 15 is 0 Å². The van der Waals surface area contributed by atoms with Gasteiger partial charge in [-0.2, -0.15) is 0 Å². The first kappa shape index (κ1) is 23.1. The van der Waals surface area contributed by atoms with Gasteiger partial charge in [0.25, 0.3) is 0 Å². The van der Waals surface area contributed by atoms with Crippen molar-refractivity contribution >= 4 is 11.8 Å². The zero-order chi connectivity index (χ0) is 21.9. The number of hydrogen-bond acceptors (Lipinski definition) is 6. The summed E-state index contributed by atoms with van der Waals surface area (Å²) in [5, 5.41) is 0. The highest BCUT2D eigenvalue weighted by molar-refractivity contribution is 6.07. The van der Waals surface area contributed by atoms with Crippen LogP contribution in [0.4, 0.5) is 0 Å². The van der Waals surface area contributed by atoms with Crippen LogP contribution in [0.2, 0.25) is 0 Å². The Morgan fingerprint density at radius 3 is 2.19 bits per heavy atom. The van der Waals surface area contributed by atoms with Gasteiger partial charge in [-0.05, 0) is 11.1 Å². The van der Waals surface area contributed by atoms with Gasteiger partial charge in [0.2, 0.25) is 5.60 Å². The molecule has 0 radical (unpaired) electrons. The van der Waals surface area contributed by atoms with Crippen molar-refractivity contribution in [3.63, 3.8) is 0 Å². The molecule has 1 atom stereocenters. The molecule has 0 aromatic heterocycles. The summed E-state index contributed by atoms with van der Waals surface area (Å²) in [4.78, 5) is 28.6. The molecule has 166 valence electrons. The first-order valence-corrected chi connectivity index (χ1v) is 10.9. The number of carbonyl (C=O) groups excluding carboxylic acids is 2. The van der Waals surface area contributed by atoms with Crippen LogP contribution in [0.15, 0.2) is 60.7 Å². The SMILES string of the molecule is CCC(=O)C(Cc1ccccc1)(OCc1ccccc1)C(=O)OCCN1CCOCC1. The Morgan fingerprint density at radius 2 is 1.58 bits per heavy atom. The quantitative estimate of drug-likeness (QED) is 0.407. The first-order chi connectivity index (χ1) is 15.1. The number of hydrogen-bond donors (Lipinski definition) is 0. The highest BCUT2D eigenvalue weighted by atomic mass is 16.6.